The third kappa shape index (κ3) is 5.90. The van der Waals surface area contributed by atoms with E-state index >= 15 is 0 Å². The average Bonchev–Trinajstić information content (AvgIpc) is 2.54. The maximum atomic E-state index is 10.2. The highest BCUT2D eigenvalue weighted by Gasteiger charge is 2.17. The Labute approximate surface area is 84.3 Å². The predicted molar refractivity (Wildman–Crippen MR) is 49.6 cm³/mol. The summed E-state index contributed by atoms with van der Waals surface area (Å²) in [6.45, 7) is 1.39. The van der Waals surface area contributed by atoms with Crippen molar-refractivity contribution >= 4 is 5.97 Å². The fourth-order valence-electron chi connectivity index (χ4n) is 0.952. The van der Waals surface area contributed by atoms with Crippen LogP contribution in [0, 0.1) is 0 Å². The third-order valence-electron chi connectivity index (χ3n) is 1.66. The van der Waals surface area contributed by atoms with Gasteiger partial charge < -0.3 is 18.9 Å². The van der Waals surface area contributed by atoms with Gasteiger partial charge in [0.15, 0.2) is 0 Å². The van der Waals surface area contributed by atoms with E-state index in [1.165, 1.54) is 21.3 Å². The Balaban J connectivity index is 0.000000241. The molecule has 0 bridgehead atoms. The van der Waals surface area contributed by atoms with E-state index in [0.717, 1.165) is 6.42 Å². The van der Waals surface area contributed by atoms with Gasteiger partial charge >= 0.3 is 5.97 Å². The van der Waals surface area contributed by atoms with Gasteiger partial charge in [0.05, 0.1) is 6.10 Å². The number of ether oxygens (including phenoxy) is 4. The molecule has 1 saturated heterocycles. The van der Waals surface area contributed by atoms with Crippen LogP contribution in [0.2, 0.25) is 0 Å². The van der Waals surface area contributed by atoms with Crippen LogP contribution in [0.1, 0.15) is 19.8 Å². The van der Waals surface area contributed by atoms with E-state index < -0.39 is 6.48 Å². The molecule has 5 heteroatoms. The molecule has 5 nitrogen and oxygen atoms in total. The molecule has 1 atom stereocenters. The normalized spacial score (nSPS) is 20.4. The van der Waals surface area contributed by atoms with Gasteiger partial charge in [0, 0.05) is 27.8 Å². The van der Waals surface area contributed by atoms with Crippen molar-refractivity contribution in [3.8, 4) is 0 Å². The lowest BCUT2D eigenvalue weighted by molar-refractivity contribution is -0.252. The van der Waals surface area contributed by atoms with Crippen molar-refractivity contribution in [3.05, 3.63) is 0 Å². The Bertz CT molecular complexity index is 150. The predicted octanol–water partition coefficient (Wildman–Crippen LogP) is 0.921. The standard InChI is InChI=1S/C5H8O2.C4H10O3/c1-4-2-3-5(6)7-4;1-5-4(6-2)7-3/h4H,2-3H2,1H3;4H,1-3H3. The van der Waals surface area contributed by atoms with Crippen molar-refractivity contribution in [1.29, 1.82) is 0 Å². The highest BCUT2D eigenvalue weighted by molar-refractivity contribution is 5.71. The summed E-state index contributed by atoms with van der Waals surface area (Å²) in [5.41, 5.74) is 0. The highest BCUT2D eigenvalue weighted by atomic mass is 16.8. The average molecular weight is 206 g/mol. The minimum absolute atomic E-state index is 0.0486. The van der Waals surface area contributed by atoms with E-state index in [2.05, 4.69) is 14.2 Å². The molecule has 0 aliphatic carbocycles. The van der Waals surface area contributed by atoms with Crippen LogP contribution < -0.4 is 0 Å². The van der Waals surface area contributed by atoms with Crippen LogP contribution in [0.25, 0.3) is 0 Å². The molecular weight excluding hydrogens is 188 g/mol. The van der Waals surface area contributed by atoms with Crippen LogP contribution in [-0.4, -0.2) is 39.9 Å². The number of hydrogen-bond donors (Lipinski definition) is 0. The molecule has 0 aromatic rings. The quantitative estimate of drug-likeness (QED) is 0.507. The summed E-state index contributed by atoms with van der Waals surface area (Å²) in [5.74, 6) is -0.0486. The van der Waals surface area contributed by atoms with Gasteiger partial charge in [0.2, 0.25) is 0 Å². The smallest absolute Gasteiger partial charge is 0.306 e. The summed E-state index contributed by atoms with van der Waals surface area (Å²) in [4.78, 5) is 10.2. The van der Waals surface area contributed by atoms with Gasteiger partial charge in [-0.1, -0.05) is 0 Å². The molecule has 1 rings (SSSR count). The molecule has 1 aliphatic heterocycles. The van der Waals surface area contributed by atoms with Crippen molar-refractivity contribution in [1.82, 2.24) is 0 Å². The van der Waals surface area contributed by atoms with Gasteiger partial charge in [-0.05, 0) is 13.3 Å². The maximum absolute atomic E-state index is 10.2. The van der Waals surface area contributed by atoms with Gasteiger partial charge in [-0.15, -0.1) is 0 Å². The van der Waals surface area contributed by atoms with Crippen LogP contribution >= 0.6 is 0 Å². The van der Waals surface area contributed by atoms with Crippen molar-refractivity contribution in [3.63, 3.8) is 0 Å². The molecule has 1 heterocycles. The summed E-state index contributed by atoms with van der Waals surface area (Å²) in [7, 11) is 4.53. The van der Waals surface area contributed by atoms with E-state index in [1.54, 1.807) is 0 Å². The first-order valence-electron chi connectivity index (χ1n) is 4.41. The third-order valence-corrected chi connectivity index (χ3v) is 1.66. The topological polar surface area (TPSA) is 54.0 Å². The number of rotatable bonds is 3. The molecule has 1 aliphatic rings. The van der Waals surface area contributed by atoms with Crippen molar-refractivity contribution in [2.75, 3.05) is 21.3 Å². The van der Waals surface area contributed by atoms with E-state index in [-0.39, 0.29) is 12.1 Å². The second kappa shape index (κ2) is 7.73. The zero-order valence-corrected chi connectivity index (χ0v) is 9.11. The number of cyclic esters (lactones) is 1. The second-order valence-corrected chi connectivity index (χ2v) is 2.83. The summed E-state index contributed by atoms with van der Waals surface area (Å²) >= 11 is 0. The summed E-state index contributed by atoms with van der Waals surface area (Å²) in [6, 6.07) is 0. The van der Waals surface area contributed by atoms with Gasteiger partial charge in [-0.2, -0.15) is 0 Å². The number of methoxy groups -OCH3 is 3. The summed E-state index contributed by atoms with van der Waals surface area (Å²) < 4.78 is 18.5. The van der Waals surface area contributed by atoms with E-state index in [4.69, 9.17) is 4.74 Å². The summed E-state index contributed by atoms with van der Waals surface area (Å²) in [6.07, 6.45) is 1.69. The molecule has 14 heavy (non-hydrogen) atoms. The molecular formula is C9H18O5. The Kier molecular flexibility index (Phi) is 7.37. The molecule has 1 unspecified atom stereocenters. The molecule has 0 radical (unpaired) electrons. The maximum Gasteiger partial charge on any atom is 0.306 e. The molecule has 0 amide bonds. The first-order valence-corrected chi connectivity index (χ1v) is 4.41. The molecule has 0 saturated carbocycles. The lowest BCUT2D eigenvalue weighted by Crippen LogP contribution is -2.14. The second-order valence-electron chi connectivity index (χ2n) is 2.83. The number of esters is 1. The molecule has 0 aromatic heterocycles. The molecule has 0 aromatic carbocycles. The van der Waals surface area contributed by atoms with Crippen molar-refractivity contribution in [2.45, 2.75) is 32.3 Å². The minimum Gasteiger partial charge on any atom is -0.463 e. The van der Waals surface area contributed by atoms with Gasteiger partial charge in [-0.3, -0.25) is 4.79 Å². The van der Waals surface area contributed by atoms with Crippen LogP contribution in [-0.2, 0) is 23.7 Å². The molecule has 0 spiro atoms. The first kappa shape index (κ1) is 13.4. The fourth-order valence-corrected chi connectivity index (χ4v) is 0.952. The van der Waals surface area contributed by atoms with Gasteiger partial charge in [-0.25, -0.2) is 0 Å². The van der Waals surface area contributed by atoms with Gasteiger partial charge in [0.1, 0.15) is 0 Å². The number of hydrogen-bond acceptors (Lipinski definition) is 5. The zero-order chi connectivity index (χ0) is 11.0. The van der Waals surface area contributed by atoms with E-state index in [9.17, 15) is 4.79 Å². The lowest BCUT2D eigenvalue weighted by Gasteiger charge is -2.08. The Hall–Kier alpha value is -0.650. The monoisotopic (exact) mass is 206 g/mol. The van der Waals surface area contributed by atoms with Crippen LogP contribution in [0.4, 0.5) is 0 Å². The van der Waals surface area contributed by atoms with Crippen LogP contribution in [0.5, 0.6) is 0 Å². The molecule has 0 N–H and O–H groups in total. The number of carbonyl (C=O) groups is 1. The Morgan fingerprint density at radius 3 is 1.86 bits per heavy atom. The molecule has 1 fully saturated rings. The highest BCUT2D eigenvalue weighted by Crippen LogP contribution is 2.11. The van der Waals surface area contributed by atoms with Gasteiger partial charge in [0.25, 0.3) is 6.48 Å². The van der Waals surface area contributed by atoms with Crippen LogP contribution in [0.3, 0.4) is 0 Å². The lowest BCUT2D eigenvalue weighted by atomic mass is 10.3. The zero-order valence-electron chi connectivity index (χ0n) is 9.11. The van der Waals surface area contributed by atoms with Crippen molar-refractivity contribution < 1.29 is 23.7 Å². The molecule has 84 valence electrons. The van der Waals surface area contributed by atoms with Crippen molar-refractivity contribution in [2.24, 2.45) is 0 Å². The fraction of sp³-hybridized carbons (Fsp3) is 0.889. The van der Waals surface area contributed by atoms with Crippen LogP contribution in [0.15, 0.2) is 0 Å². The number of carbonyl (C=O) groups excluding carboxylic acids is 1. The largest absolute Gasteiger partial charge is 0.463 e. The SMILES string of the molecule is CC1CCC(=O)O1.COC(OC)OC. The van der Waals surface area contributed by atoms with E-state index in [1.807, 2.05) is 6.92 Å². The van der Waals surface area contributed by atoms with E-state index in [0.29, 0.717) is 6.42 Å². The first-order chi connectivity index (χ1) is 6.63. The Morgan fingerprint density at radius 2 is 1.79 bits per heavy atom. The Morgan fingerprint density at radius 1 is 1.29 bits per heavy atom. The minimum atomic E-state index is -0.514. The summed E-state index contributed by atoms with van der Waals surface area (Å²) in [5, 5.41) is 0.